The summed E-state index contributed by atoms with van der Waals surface area (Å²) in [6.07, 6.45) is 5.54. The van der Waals surface area contributed by atoms with E-state index in [-0.39, 0.29) is 12.7 Å². The highest BCUT2D eigenvalue weighted by Gasteiger charge is 2.20. The van der Waals surface area contributed by atoms with Crippen molar-refractivity contribution in [3.05, 3.63) is 30.1 Å². The second-order valence-corrected chi connectivity index (χ2v) is 4.54. The van der Waals surface area contributed by atoms with Crippen LogP contribution in [0.2, 0.25) is 0 Å². The lowest BCUT2D eigenvalue weighted by Gasteiger charge is -2.31. The lowest BCUT2D eigenvalue weighted by atomic mass is 10.1. The van der Waals surface area contributed by atoms with Gasteiger partial charge in [-0.1, -0.05) is 6.07 Å². The summed E-state index contributed by atoms with van der Waals surface area (Å²) in [5, 5.41) is 8.55. The number of ether oxygens (including phenoxy) is 1. The molecular weight excluding hydrogens is 232 g/mol. The minimum absolute atomic E-state index is 0.0891. The van der Waals surface area contributed by atoms with Crippen LogP contribution >= 0.6 is 0 Å². The Hall–Kier alpha value is -1.46. The van der Waals surface area contributed by atoms with E-state index < -0.39 is 5.97 Å². The summed E-state index contributed by atoms with van der Waals surface area (Å²) < 4.78 is 5.30. The van der Waals surface area contributed by atoms with Gasteiger partial charge in [0.05, 0.1) is 6.10 Å². The van der Waals surface area contributed by atoms with Crippen LogP contribution in [0, 0.1) is 0 Å². The summed E-state index contributed by atoms with van der Waals surface area (Å²) in [5.74, 6) is -0.896. The molecule has 0 unspecified atom stereocenters. The fourth-order valence-corrected chi connectivity index (χ4v) is 2.17. The van der Waals surface area contributed by atoms with Crippen LogP contribution in [0.25, 0.3) is 0 Å². The third kappa shape index (κ3) is 4.09. The number of rotatable bonds is 5. The van der Waals surface area contributed by atoms with Gasteiger partial charge in [0.15, 0.2) is 0 Å². The Kier molecular flexibility index (Phi) is 4.66. The Balaban J connectivity index is 1.72. The van der Waals surface area contributed by atoms with Gasteiger partial charge in [-0.3, -0.25) is 9.88 Å². The fourth-order valence-electron chi connectivity index (χ4n) is 2.17. The number of hydrogen-bond donors (Lipinski definition) is 1. The van der Waals surface area contributed by atoms with Crippen molar-refractivity contribution in [3.63, 3.8) is 0 Å². The lowest BCUT2D eigenvalue weighted by molar-refractivity contribution is -0.145. The smallest absolute Gasteiger partial charge is 0.329 e. The number of likely N-dealkylation sites (tertiary alicyclic amines) is 1. The summed E-state index contributed by atoms with van der Waals surface area (Å²) in [4.78, 5) is 16.8. The van der Waals surface area contributed by atoms with Crippen molar-refractivity contribution in [3.8, 4) is 0 Å². The Morgan fingerprint density at radius 3 is 2.89 bits per heavy atom. The summed E-state index contributed by atoms with van der Waals surface area (Å²) in [7, 11) is 0. The van der Waals surface area contributed by atoms with Crippen LogP contribution in [0.15, 0.2) is 24.5 Å². The van der Waals surface area contributed by atoms with Crippen molar-refractivity contribution in [2.75, 3.05) is 19.7 Å². The summed E-state index contributed by atoms with van der Waals surface area (Å²) in [6.45, 7) is 2.60. The molecule has 1 aliphatic rings. The van der Waals surface area contributed by atoms with Gasteiger partial charge < -0.3 is 9.84 Å². The predicted molar refractivity (Wildman–Crippen MR) is 66.1 cm³/mol. The van der Waals surface area contributed by atoms with Gasteiger partial charge in [0.2, 0.25) is 0 Å². The number of piperidine rings is 1. The van der Waals surface area contributed by atoms with Crippen molar-refractivity contribution in [1.82, 2.24) is 9.88 Å². The fraction of sp³-hybridized carbons (Fsp3) is 0.538. The zero-order valence-corrected chi connectivity index (χ0v) is 10.3. The Bertz CT molecular complexity index is 375. The zero-order valence-electron chi connectivity index (χ0n) is 10.3. The lowest BCUT2D eigenvalue weighted by Crippen LogP contribution is -2.37. The molecule has 1 aromatic rings. The molecule has 0 spiro atoms. The van der Waals surface area contributed by atoms with Gasteiger partial charge in [-0.2, -0.15) is 0 Å². The first-order valence-corrected chi connectivity index (χ1v) is 6.18. The largest absolute Gasteiger partial charge is 0.480 e. The van der Waals surface area contributed by atoms with Crippen molar-refractivity contribution in [2.24, 2.45) is 0 Å². The monoisotopic (exact) mass is 250 g/mol. The van der Waals surface area contributed by atoms with Crippen LogP contribution in [-0.4, -0.2) is 46.8 Å². The van der Waals surface area contributed by atoms with Crippen molar-refractivity contribution in [2.45, 2.75) is 25.5 Å². The van der Waals surface area contributed by atoms with Crippen LogP contribution in [0.4, 0.5) is 0 Å². The average molecular weight is 250 g/mol. The van der Waals surface area contributed by atoms with E-state index in [1.807, 2.05) is 12.3 Å². The maximum absolute atomic E-state index is 10.4. The first-order valence-electron chi connectivity index (χ1n) is 6.18. The van der Waals surface area contributed by atoms with Crippen molar-refractivity contribution < 1.29 is 14.6 Å². The van der Waals surface area contributed by atoms with Crippen LogP contribution in [0.5, 0.6) is 0 Å². The standard InChI is InChI=1S/C13H18N2O3/c16-13(17)10-18-12-3-6-15(7-4-12)9-11-2-1-5-14-8-11/h1-2,5,8,12H,3-4,6-7,9-10H2,(H,16,17). The minimum Gasteiger partial charge on any atom is -0.480 e. The summed E-state index contributed by atoms with van der Waals surface area (Å²) in [6, 6.07) is 4.01. The van der Waals surface area contributed by atoms with Gasteiger partial charge in [0.1, 0.15) is 6.61 Å². The number of aliphatic carboxylic acids is 1. The van der Waals surface area contributed by atoms with Gasteiger partial charge >= 0.3 is 5.97 Å². The molecule has 2 heterocycles. The molecule has 98 valence electrons. The normalized spacial score (nSPS) is 17.8. The molecule has 1 aromatic heterocycles. The van der Waals surface area contributed by atoms with Gasteiger partial charge in [-0.05, 0) is 24.5 Å². The van der Waals surface area contributed by atoms with E-state index in [0.717, 1.165) is 32.5 Å². The van der Waals surface area contributed by atoms with Crippen LogP contribution in [-0.2, 0) is 16.1 Å². The summed E-state index contributed by atoms with van der Waals surface area (Å²) >= 11 is 0. The average Bonchev–Trinajstić information content (AvgIpc) is 2.39. The Labute approximate surface area is 106 Å². The third-order valence-corrected chi connectivity index (χ3v) is 3.11. The first kappa shape index (κ1) is 13.0. The third-order valence-electron chi connectivity index (χ3n) is 3.11. The zero-order chi connectivity index (χ0) is 12.8. The van der Waals surface area contributed by atoms with E-state index >= 15 is 0 Å². The Morgan fingerprint density at radius 2 is 2.28 bits per heavy atom. The molecule has 2 rings (SSSR count). The molecule has 0 saturated carbocycles. The number of aromatic nitrogens is 1. The number of hydrogen-bond acceptors (Lipinski definition) is 4. The van der Waals surface area contributed by atoms with Gasteiger partial charge in [-0.25, -0.2) is 4.79 Å². The number of carboxylic acids is 1. The van der Waals surface area contributed by atoms with Gasteiger partial charge in [-0.15, -0.1) is 0 Å². The predicted octanol–water partition coefficient (Wildman–Crippen LogP) is 1.15. The minimum atomic E-state index is -0.896. The highest BCUT2D eigenvalue weighted by atomic mass is 16.5. The number of carbonyl (C=O) groups is 1. The maximum atomic E-state index is 10.4. The van der Waals surface area contributed by atoms with E-state index in [1.54, 1.807) is 6.20 Å². The van der Waals surface area contributed by atoms with Crippen molar-refractivity contribution in [1.29, 1.82) is 0 Å². The second kappa shape index (κ2) is 6.47. The number of nitrogens with zero attached hydrogens (tertiary/aromatic N) is 2. The molecule has 5 nitrogen and oxygen atoms in total. The molecule has 0 aromatic carbocycles. The molecule has 1 saturated heterocycles. The molecule has 1 aliphatic heterocycles. The van der Waals surface area contributed by atoms with Crippen LogP contribution < -0.4 is 0 Å². The molecule has 1 N–H and O–H groups in total. The summed E-state index contributed by atoms with van der Waals surface area (Å²) in [5.41, 5.74) is 1.21. The van der Waals surface area contributed by atoms with Gasteiger partial charge in [0, 0.05) is 32.0 Å². The number of pyridine rings is 1. The molecule has 0 amide bonds. The Morgan fingerprint density at radius 1 is 1.50 bits per heavy atom. The van der Waals surface area contributed by atoms with E-state index in [9.17, 15) is 4.79 Å². The molecule has 0 bridgehead atoms. The highest BCUT2D eigenvalue weighted by molar-refractivity contribution is 5.68. The molecule has 0 atom stereocenters. The van der Waals surface area contributed by atoms with Crippen LogP contribution in [0.1, 0.15) is 18.4 Å². The number of carboxylic acid groups (broad SMARTS) is 1. The second-order valence-electron chi connectivity index (χ2n) is 4.54. The topological polar surface area (TPSA) is 62.7 Å². The van der Waals surface area contributed by atoms with Crippen molar-refractivity contribution >= 4 is 5.97 Å². The van der Waals surface area contributed by atoms with Gasteiger partial charge in [0.25, 0.3) is 0 Å². The molecule has 0 aliphatic carbocycles. The van der Waals surface area contributed by atoms with E-state index in [0.29, 0.717) is 0 Å². The van der Waals surface area contributed by atoms with Crippen LogP contribution in [0.3, 0.4) is 0 Å². The maximum Gasteiger partial charge on any atom is 0.329 e. The van der Waals surface area contributed by atoms with E-state index in [2.05, 4.69) is 16.0 Å². The highest BCUT2D eigenvalue weighted by Crippen LogP contribution is 2.15. The van der Waals surface area contributed by atoms with E-state index in [1.165, 1.54) is 5.56 Å². The molecule has 1 fully saturated rings. The first-order chi connectivity index (χ1) is 8.74. The van der Waals surface area contributed by atoms with E-state index in [4.69, 9.17) is 9.84 Å². The molecule has 18 heavy (non-hydrogen) atoms. The molecule has 0 radical (unpaired) electrons. The molecular formula is C13H18N2O3. The SMILES string of the molecule is O=C(O)COC1CCN(Cc2cccnc2)CC1. The quantitative estimate of drug-likeness (QED) is 0.849. The molecule has 5 heteroatoms.